The summed E-state index contributed by atoms with van der Waals surface area (Å²) >= 11 is 0. The molecule has 0 bridgehead atoms. The van der Waals surface area contributed by atoms with Gasteiger partial charge in [-0.25, -0.2) is 8.42 Å². The van der Waals surface area contributed by atoms with Crippen LogP contribution in [0.2, 0.25) is 0 Å². The summed E-state index contributed by atoms with van der Waals surface area (Å²) < 4.78 is 22.6. The van der Waals surface area contributed by atoms with Crippen LogP contribution in [0.5, 0.6) is 0 Å². The van der Waals surface area contributed by atoms with E-state index in [1.165, 1.54) is 0 Å². The number of hydrogen-bond acceptors (Lipinski definition) is 3. The van der Waals surface area contributed by atoms with Crippen molar-refractivity contribution in [1.29, 1.82) is 0 Å². The zero-order valence-electron chi connectivity index (χ0n) is 9.12. The Labute approximate surface area is 87.2 Å². The molecule has 4 heteroatoms. The van der Waals surface area contributed by atoms with Crippen molar-refractivity contribution >= 4 is 9.84 Å². The lowest BCUT2D eigenvalue weighted by Gasteiger charge is -2.20. The average molecular weight is 219 g/mol. The molecule has 1 aliphatic rings. The lowest BCUT2D eigenvalue weighted by atomic mass is 9.89. The summed E-state index contributed by atoms with van der Waals surface area (Å²) in [6.45, 7) is 6.16. The van der Waals surface area contributed by atoms with E-state index in [4.69, 9.17) is 0 Å². The molecular formula is C10H21NO2S. The number of sulfone groups is 1. The van der Waals surface area contributed by atoms with Gasteiger partial charge in [-0.15, -0.1) is 0 Å². The van der Waals surface area contributed by atoms with Crippen LogP contribution in [0.15, 0.2) is 0 Å². The minimum absolute atomic E-state index is 0.393. The van der Waals surface area contributed by atoms with E-state index >= 15 is 0 Å². The minimum Gasteiger partial charge on any atom is -0.317 e. The molecule has 2 atom stereocenters. The fraction of sp³-hybridized carbons (Fsp3) is 1.00. The summed E-state index contributed by atoms with van der Waals surface area (Å²) in [5, 5.41) is 3.31. The van der Waals surface area contributed by atoms with Crippen LogP contribution in [0.25, 0.3) is 0 Å². The van der Waals surface area contributed by atoms with Gasteiger partial charge in [0.25, 0.3) is 0 Å². The summed E-state index contributed by atoms with van der Waals surface area (Å²) in [6, 6.07) is 0. The van der Waals surface area contributed by atoms with E-state index in [0.29, 0.717) is 23.3 Å². The molecule has 1 heterocycles. The van der Waals surface area contributed by atoms with E-state index in [0.717, 1.165) is 25.9 Å². The minimum atomic E-state index is -2.70. The maximum Gasteiger partial charge on any atom is 0.150 e. The van der Waals surface area contributed by atoms with Crippen molar-refractivity contribution in [3.05, 3.63) is 0 Å². The van der Waals surface area contributed by atoms with Crippen molar-refractivity contribution in [2.24, 2.45) is 11.8 Å². The first-order chi connectivity index (χ1) is 6.59. The maximum atomic E-state index is 11.3. The van der Waals surface area contributed by atoms with Crippen molar-refractivity contribution in [3.63, 3.8) is 0 Å². The van der Waals surface area contributed by atoms with Gasteiger partial charge in [-0.1, -0.05) is 20.3 Å². The third kappa shape index (κ3) is 3.24. The Balaban J connectivity index is 2.46. The first-order valence-electron chi connectivity index (χ1n) is 5.50. The predicted molar refractivity (Wildman–Crippen MR) is 59.1 cm³/mol. The molecule has 0 amide bonds. The normalized spacial score (nSPS) is 27.7. The van der Waals surface area contributed by atoms with Gasteiger partial charge in [0.1, 0.15) is 0 Å². The molecule has 1 saturated heterocycles. The van der Waals surface area contributed by atoms with Crippen molar-refractivity contribution < 1.29 is 8.42 Å². The van der Waals surface area contributed by atoms with Gasteiger partial charge in [0, 0.05) is 0 Å². The molecule has 14 heavy (non-hydrogen) atoms. The Hall–Kier alpha value is -0.0900. The second-order valence-corrected chi connectivity index (χ2v) is 6.37. The van der Waals surface area contributed by atoms with Gasteiger partial charge in [0.15, 0.2) is 9.84 Å². The molecule has 0 saturated carbocycles. The fourth-order valence-corrected chi connectivity index (χ4v) is 4.09. The molecule has 0 aliphatic carbocycles. The molecule has 0 aromatic rings. The van der Waals surface area contributed by atoms with Crippen LogP contribution in [0, 0.1) is 11.8 Å². The topological polar surface area (TPSA) is 46.2 Å². The lowest BCUT2D eigenvalue weighted by Crippen LogP contribution is -2.28. The second kappa shape index (κ2) is 5.12. The van der Waals surface area contributed by atoms with E-state index in [2.05, 4.69) is 19.2 Å². The zero-order chi connectivity index (χ0) is 10.6. The molecule has 3 nitrogen and oxygen atoms in total. The molecule has 0 aromatic carbocycles. The van der Waals surface area contributed by atoms with Crippen LogP contribution in [0.4, 0.5) is 0 Å². The number of hydrogen-bond donors (Lipinski definition) is 1. The van der Waals surface area contributed by atoms with E-state index in [-0.39, 0.29) is 0 Å². The van der Waals surface area contributed by atoms with Crippen LogP contribution in [0.1, 0.15) is 26.7 Å². The fourth-order valence-electron chi connectivity index (χ4n) is 2.17. The van der Waals surface area contributed by atoms with Gasteiger partial charge in [-0.3, -0.25) is 0 Å². The second-order valence-electron chi connectivity index (χ2n) is 4.14. The maximum absolute atomic E-state index is 11.3. The first kappa shape index (κ1) is 12.0. The quantitative estimate of drug-likeness (QED) is 0.752. The highest BCUT2D eigenvalue weighted by molar-refractivity contribution is 7.91. The third-order valence-electron chi connectivity index (χ3n) is 3.12. The predicted octanol–water partition coefficient (Wildman–Crippen LogP) is 1.06. The zero-order valence-corrected chi connectivity index (χ0v) is 9.94. The number of rotatable bonds is 5. The SMILES string of the molecule is CCNCC(CC)C1CCS(=O)(=O)C1. The summed E-state index contributed by atoms with van der Waals surface area (Å²) in [7, 11) is -2.70. The van der Waals surface area contributed by atoms with Crippen molar-refractivity contribution in [1.82, 2.24) is 5.32 Å². The highest BCUT2D eigenvalue weighted by Crippen LogP contribution is 2.27. The highest BCUT2D eigenvalue weighted by atomic mass is 32.2. The van der Waals surface area contributed by atoms with E-state index in [9.17, 15) is 8.42 Å². The summed E-state index contributed by atoms with van der Waals surface area (Å²) in [5.74, 6) is 1.74. The molecule has 2 unspecified atom stereocenters. The van der Waals surface area contributed by atoms with Crippen molar-refractivity contribution in [3.8, 4) is 0 Å². The summed E-state index contributed by atoms with van der Waals surface area (Å²) in [6.07, 6.45) is 1.94. The van der Waals surface area contributed by atoms with Crippen LogP contribution in [-0.2, 0) is 9.84 Å². The highest BCUT2D eigenvalue weighted by Gasteiger charge is 2.32. The van der Waals surface area contributed by atoms with Gasteiger partial charge in [0.2, 0.25) is 0 Å². The molecule has 1 N–H and O–H groups in total. The molecular weight excluding hydrogens is 198 g/mol. The molecule has 84 valence electrons. The van der Waals surface area contributed by atoms with Crippen LogP contribution < -0.4 is 5.32 Å². The third-order valence-corrected chi connectivity index (χ3v) is 4.91. The van der Waals surface area contributed by atoms with Gasteiger partial charge < -0.3 is 5.32 Å². The molecule has 1 fully saturated rings. The van der Waals surface area contributed by atoms with Crippen molar-refractivity contribution in [2.45, 2.75) is 26.7 Å². The van der Waals surface area contributed by atoms with Crippen LogP contribution in [-0.4, -0.2) is 33.0 Å². The van der Waals surface area contributed by atoms with Gasteiger partial charge in [0.05, 0.1) is 11.5 Å². The molecule has 0 spiro atoms. The van der Waals surface area contributed by atoms with E-state index < -0.39 is 9.84 Å². The molecule has 1 aliphatic heterocycles. The van der Waals surface area contributed by atoms with E-state index in [1.54, 1.807) is 0 Å². The van der Waals surface area contributed by atoms with Crippen molar-refractivity contribution in [2.75, 3.05) is 24.6 Å². The molecule has 0 radical (unpaired) electrons. The van der Waals surface area contributed by atoms with Gasteiger partial charge >= 0.3 is 0 Å². The Morgan fingerprint density at radius 1 is 1.43 bits per heavy atom. The molecule has 1 rings (SSSR count). The van der Waals surface area contributed by atoms with Crippen LogP contribution >= 0.6 is 0 Å². The summed E-state index contributed by atoms with van der Waals surface area (Å²) in [5.41, 5.74) is 0. The Bertz CT molecular complexity index is 261. The Kier molecular flexibility index (Phi) is 4.38. The van der Waals surface area contributed by atoms with Gasteiger partial charge in [-0.2, -0.15) is 0 Å². The standard InChI is InChI=1S/C10H21NO2S/c1-3-9(7-11-4-2)10-5-6-14(12,13)8-10/h9-11H,3-8H2,1-2H3. The first-order valence-corrected chi connectivity index (χ1v) is 7.32. The summed E-state index contributed by atoms with van der Waals surface area (Å²) in [4.78, 5) is 0. The monoisotopic (exact) mass is 219 g/mol. The number of nitrogens with one attached hydrogen (secondary N) is 1. The smallest absolute Gasteiger partial charge is 0.150 e. The Morgan fingerprint density at radius 3 is 2.57 bits per heavy atom. The van der Waals surface area contributed by atoms with Gasteiger partial charge in [-0.05, 0) is 31.3 Å². The lowest BCUT2D eigenvalue weighted by molar-refractivity contribution is 0.338. The average Bonchev–Trinajstić information content (AvgIpc) is 2.48. The van der Waals surface area contributed by atoms with E-state index in [1.807, 2.05) is 0 Å². The van der Waals surface area contributed by atoms with Crippen LogP contribution in [0.3, 0.4) is 0 Å². The largest absolute Gasteiger partial charge is 0.317 e. The Morgan fingerprint density at radius 2 is 2.14 bits per heavy atom. The molecule has 0 aromatic heterocycles.